The lowest BCUT2D eigenvalue weighted by molar-refractivity contribution is 0.565. The fourth-order valence-electron chi connectivity index (χ4n) is 1.97. The first-order valence-electron chi connectivity index (χ1n) is 6.63. The average Bonchev–Trinajstić information content (AvgIpc) is 2.27. The standard InChI is InChI=1S/C15H25ClN2/c1-7-18(11(2)3)14-9-12(10-16)8-13(17-14)15(4,5)6/h8-9,11H,7,10H2,1-6H3. The predicted molar refractivity (Wildman–Crippen MR) is 80.7 cm³/mol. The second-order valence-corrected chi connectivity index (χ2v) is 6.25. The van der Waals surface area contributed by atoms with E-state index < -0.39 is 0 Å². The maximum atomic E-state index is 6.00. The molecule has 1 heterocycles. The van der Waals surface area contributed by atoms with Gasteiger partial charge in [-0.05, 0) is 38.5 Å². The maximum Gasteiger partial charge on any atom is 0.129 e. The highest BCUT2D eigenvalue weighted by Gasteiger charge is 2.19. The largest absolute Gasteiger partial charge is 0.354 e. The summed E-state index contributed by atoms with van der Waals surface area (Å²) >= 11 is 6.00. The van der Waals surface area contributed by atoms with Crippen molar-refractivity contribution in [2.24, 2.45) is 0 Å². The van der Waals surface area contributed by atoms with Crippen molar-refractivity contribution in [3.8, 4) is 0 Å². The molecule has 1 rings (SSSR count). The molecule has 0 aliphatic heterocycles. The number of nitrogens with zero attached hydrogens (tertiary/aromatic N) is 2. The van der Waals surface area contributed by atoms with E-state index >= 15 is 0 Å². The molecule has 0 atom stereocenters. The molecular weight excluding hydrogens is 244 g/mol. The fraction of sp³-hybridized carbons (Fsp3) is 0.667. The van der Waals surface area contributed by atoms with Crippen molar-refractivity contribution < 1.29 is 0 Å². The van der Waals surface area contributed by atoms with E-state index in [1.54, 1.807) is 0 Å². The predicted octanol–water partition coefficient (Wildman–Crippen LogP) is 4.35. The van der Waals surface area contributed by atoms with Crippen LogP contribution < -0.4 is 4.90 Å². The highest BCUT2D eigenvalue weighted by Crippen LogP contribution is 2.26. The van der Waals surface area contributed by atoms with Gasteiger partial charge in [-0.1, -0.05) is 20.8 Å². The van der Waals surface area contributed by atoms with E-state index in [2.05, 4.69) is 58.6 Å². The van der Waals surface area contributed by atoms with Crippen LogP contribution in [0.4, 0.5) is 5.82 Å². The molecule has 0 saturated heterocycles. The first-order chi connectivity index (χ1) is 8.29. The molecule has 0 aliphatic rings. The Hall–Kier alpha value is -0.760. The molecule has 0 saturated carbocycles. The van der Waals surface area contributed by atoms with Gasteiger partial charge in [0.1, 0.15) is 5.82 Å². The molecule has 102 valence electrons. The average molecular weight is 269 g/mol. The minimum Gasteiger partial charge on any atom is -0.354 e. The number of aromatic nitrogens is 1. The summed E-state index contributed by atoms with van der Waals surface area (Å²) in [6, 6.07) is 4.66. The number of hydrogen-bond acceptors (Lipinski definition) is 2. The van der Waals surface area contributed by atoms with E-state index in [0.717, 1.165) is 23.6 Å². The molecule has 1 aromatic rings. The molecule has 0 aliphatic carbocycles. The first-order valence-corrected chi connectivity index (χ1v) is 7.17. The summed E-state index contributed by atoms with van der Waals surface area (Å²) in [6.07, 6.45) is 0. The SMILES string of the molecule is CCN(c1cc(CCl)cc(C(C)(C)C)n1)C(C)C. The van der Waals surface area contributed by atoms with E-state index in [-0.39, 0.29) is 5.41 Å². The van der Waals surface area contributed by atoms with E-state index in [1.807, 2.05) is 0 Å². The van der Waals surface area contributed by atoms with Crippen molar-refractivity contribution in [2.75, 3.05) is 11.4 Å². The minimum atomic E-state index is 0.0488. The van der Waals surface area contributed by atoms with Gasteiger partial charge >= 0.3 is 0 Å². The Kier molecular flexibility index (Phi) is 5.03. The summed E-state index contributed by atoms with van der Waals surface area (Å²) in [7, 11) is 0. The summed E-state index contributed by atoms with van der Waals surface area (Å²) in [5.74, 6) is 1.57. The van der Waals surface area contributed by atoms with Gasteiger partial charge in [-0.2, -0.15) is 0 Å². The van der Waals surface area contributed by atoms with Gasteiger partial charge in [-0.3, -0.25) is 0 Å². The van der Waals surface area contributed by atoms with Gasteiger partial charge < -0.3 is 4.90 Å². The van der Waals surface area contributed by atoms with Crippen LogP contribution in [0.25, 0.3) is 0 Å². The van der Waals surface area contributed by atoms with Crippen molar-refractivity contribution in [3.63, 3.8) is 0 Å². The quantitative estimate of drug-likeness (QED) is 0.755. The normalized spacial score (nSPS) is 12.0. The Bertz CT molecular complexity index is 394. The molecule has 18 heavy (non-hydrogen) atoms. The van der Waals surface area contributed by atoms with Crippen LogP contribution in [-0.4, -0.2) is 17.6 Å². The van der Waals surface area contributed by atoms with Gasteiger partial charge in [0.15, 0.2) is 0 Å². The second kappa shape index (κ2) is 5.92. The molecule has 0 amide bonds. The van der Waals surface area contributed by atoms with Gasteiger partial charge in [0.25, 0.3) is 0 Å². The van der Waals surface area contributed by atoms with E-state index in [0.29, 0.717) is 11.9 Å². The maximum absolute atomic E-state index is 6.00. The molecule has 2 nitrogen and oxygen atoms in total. The van der Waals surface area contributed by atoms with Crippen LogP contribution in [0.2, 0.25) is 0 Å². The number of pyridine rings is 1. The Morgan fingerprint density at radius 1 is 1.28 bits per heavy atom. The molecule has 0 unspecified atom stereocenters. The molecule has 0 N–H and O–H groups in total. The zero-order valence-corrected chi connectivity index (χ0v) is 13.2. The van der Waals surface area contributed by atoms with Crippen molar-refractivity contribution in [1.29, 1.82) is 0 Å². The van der Waals surface area contributed by atoms with E-state index in [4.69, 9.17) is 16.6 Å². The highest BCUT2D eigenvalue weighted by atomic mass is 35.5. The minimum absolute atomic E-state index is 0.0488. The van der Waals surface area contributed by atoms with Crippen molar-refractivity contribution in [1.82, 2.24) is 4.98 Å². The van der Waals surface area contributed by atoms with Gasteiger partial charge in [0.05, 0.1) is 0 Å². The molecule has 0 radical (unpaired) electrons. The third kappa shape index (κ3) is 3.61. The summed E-state index contributed by atoms with van der Waals surface area (Å²) in [6.45, 7) is 14.0. The van der Waals surface area contributed by atoms with Crippen LogP contribution >= 0.6 is 11.6 Å². The lowest BCUT2D eigenvalue weighted by Gasteiger charge is -2.29. The van der Waals surface area contributed by atoms with Crippen LogP contribution in [-0.2, 0) is 11.3 Å². The van der Waals surface area contributed by atoms with E-state index in [9.17, 15) is 0 Å². The Labute approximate surface area is 116 Å². The van der Waals surface area contributed by atoms with Crippen LogP contribution in [0.5, 0.6) is 0 Å². The van der Waals surface area contributed by atoms with Crippen molar-refractivity contribution in [3.05, 3.63) is 23.4 Å². The van der Waals surface area contributed by atoms with Gasteiger partial charge in [0, 0.05) is 29.6 Å². The van der Waals surface area contributed by atoms with Crippen LogP contribution in [0, 0.1) is 0 Å². The Morgan fingerprint density at radius 2 is 1.89 bits per heavy atom. The van der Waals surface area contributed by atoms with Crippen LogP contribution in [0.1, 0.15) is 52.8 Å². The van der Waals surface area contributed by atoms with Crippen LogP contribution in [0.15, 0.2) is 12.1 Å². The summed E-state index contributed by atoms with van der Waals surface area (Å²) in [5, 5.41) is 0. The highest BCUT2D eigenvalue weighted by molar-refractivity contribution is 6.17. The van der Waals surface area contributed by atoms with Crippen molar-refractivity contribution in [2.45, 2.75) is 58.9 Å². The summed E-state index contributed by atoms with van der Waals surface area (Å²) in [5.41, 5.74) is 2.30. The summed E-state index contributed by atoms with van der Waals surface area (Å²) < 4.78 is 0. The molecule has 0 bridgehead atoms. The molecule has 0 aromatic carbocycles. The van der Waals surface area contributed by atoms with Gasteiger partial charge in [-0.15, -0.1) is 11.6 Å². The zero-order valence-electron chi connectivity index (χ0n) is 12.4. The lowest BCUT2D eigenvalue weighted by atomic mass is 9.91. The molecule has 0 spiro atoms. The molecule has 1 aromatic heterocycles. The molecular formula is C15H25ClN2. The number of hydrogen-bond donors (Lipinski definition) is 0. The van der Waals surface area contributed by atoms with Crippen molar-refractivity contribution >= 4 is 17.4 Å². The van der Waals surface area contributed by atoms with Gasteiger partial charge in [-0.25, -0.2) is 4.98 Å². The van der Waals surface area contributed by atoms with Gasteiger partial charge in [0.2, 0.25) is 0 Å². The number of rotatable bonds is 4. The zero-order chi connectivity index (χ0) is 13.9. The number of alkyl halides is 1. The lowest BCUT2D eigenvalue weighted by Crippen LogP contribution is -2.32. The Morgan fingerprint density at radius 3 is 2.28 bits per heavy atom. The third-order valence-corrected chi connectivity index (χ3v) is 3.36. The Balaban J connectivity index is 3.27. The number of halogens is 1. The third-order valence-electron chi connectivity index (χ3n) is 3.05. The number of anilines is 1. The molecule has 3 heteroatoms. The van der Waals surface area contributed by atoms with E-state index in [1.165, 1.54) is 0 Å². The second-order valence-electron chi connectivity index (χ2n) is 5.98. The molecule has 0 fully saturated rings. The topological polar surface area (TPSA) is 16.1 Å². The smallest absolute Gasteiger partial charge is 0.129 e. The monoisotopic (exact) mass is 268 g/mol. The van der Waals surface area contributed by atoms with Crippen LogP contribution in [0.3, 0.4) is 0 Å². The fourth-order valence-corrected chi connectivity index (χ4v) is 2.13. The first kappa shape index (κ1) is 15.3. The summed E-state index contributed by atoms with van der Waals surface area (Å²) in [4.78, 5) is 7.11.